The van der Waals surface area contributed by atoms with Crippen molar-refractivity contribution in [3.8, 4) is 0 Å². The van der Waals surface area contributed by atoms with Crippen LogP contribution in [-0.2, 0) is 11.8 Å². The molecule has 2 nitrogen and oxygen atoms in total. The van der Waals surface area contributed by atoms with Crippen molar-refractivity contribution in [3.63, 3.8) is 0 Å². The molecule has 0 spiro atoms. The molecule has 1 unspecified atom stereocenters. The first-order chi connectivity index (χ1) is 9.93. The number of hydrazine groups is 1. The molecule has 0 aliphatic carbocycles. The van der Waals surface area contributed by atoms with Crippen LogP contribution in [0.25, 0.3) is 0 Å². The molecule has 21 heavy (non-hydrogen) atoms. The molecule has 2 rings (SSSR count). The molecule has 0 aliphatic heterocycles. The predicted octanol–water partition coefficient (Wildman–Crippen LogP) is 4.49. The summed E-state index contributed by atoms with van der Waals surface area (Å²) in [5.41, 5.74) is 6.94. The first-order valence-corrected chi connectivity index (χ1v) is 8.01. The maximum Gasteiger partial charge on any atom is 0.0503 e. The zero-order valence-electron chi connectivity index (χ0n) is 12.9. The van der Waals surface area contributed by atoms with Crippen molar-refractivity contribution in [1.82, 2.24) is 5.43 Å². The average Bonchev–Trinajstić information content (AvgIpc) is 2.45. The Labute approximate surface area is 135 Å². The van der Waals surface area contributed by atoms with E-state index in [0.29, 0.717) is 0 Å². The fourth-order valence-electron chi connectivity index (χ4n) is 2.63. The summed E-state index contributed by atoms with van der Waals surface area (Å²) >= 11 is 3.62. The molecule has 0 heterocycles. The van der Waals surface area contributed by atoms with Gasteiger partial charge in [0.05, 0.1) is 6.04 Å². The molecule has 3 heteroatoms. The number of rotatable bonds is 4. The summed E-state index contributed by atoms with van der Waals surface area (Å²) in [6, 6.07) is 16.9. The fraction of sp³-hybridized carbons (Fsp3) is 0.333. The summed E-state index contributed by atoms with van der Waals surface area (Å²) in [6.45, 7) is 6.70. The van der Waals surface area contributed by atoms with Gasteiger partial charge >= 0.3 is 0 Å². The van der Waals surface area contributed by atoms with Gasteiger partial charge in [-0.05, 0) is 34.6 Å². The number of hydrogen-bond acceptors (Lipinski definition) is 2. The highest BCUT2D eigenvalue weighted by Gasteiger charge is 2.22. The Hall–Kier alpha value is -1.16. The van der Waals surface area contributed by atoms with Crippen LogP contribution in [0.1, 0.15) is 43.5 Å². The molecule has 0 amide bonds. The van der Waals surface area contributed by atoms with E-state index in [2.05, 4.69) is 84.6 Å². The molecule has 1 atom stereocenters. The molecule has 2 aromatic carbocycles. The topological polar surface area (TPSA) is 38.0 Å². The molecule has 0 aromatic heterocycles. The summed E-state index contributed by atoms with van der Waals surface area (Å²) in [5.74, 6) is 5.85. The van der Waals surface area contributed by atoms with Gasteiger partial charge in [0.1, 0.15) is 0 Å². The molecule has 0 bridgehead atoms. The Morgan fingerprint density at radius 2 is 1.67 bits per heavy atom. The SMILES string of the molecule is CC(C)(C)c1ccccc1C(Cc1ccccc1Br)NN. The van der Waals surface area contributed by atoms with Gasteiger partial charge in [-0.2, -0.15) is 0 Å². The van der Waals surface area contributed by atoms with Gasteiger partial charge in [0.25, 0.3) is 0 Å². The second-order valence-electron chi connectivity index (χ2n) is 6.35. The van der Waals surface area contributed by atoms with Crippen LogP contribution in [-0.4, -0.2) is 0 Å². The minimum atomic E-state index is 0.0964. The predicted molar refractivity (Wildman–Crippen MR) is 93.1 cm³/mol. The monoisotopic (exact) mass is 346 g/mol. The lowest BCUT2D eigenvalue weighted by molar-refractivity contribution is 0.518. The number of nitrogens with two attached hydrogens (primary N) is 1. The zero-order chi connectivity index (χ0) is 15.5. The summed E-state index contributed by atoms with van der Waals surface area (Å²) in [5, 5.41) is 0. The third-order valence-corrected chi connectivity index (χ3v) is 4.50. The van der Waals surface area contributed by atoms with E-state index in [1.807, 2.05) is 6.07 Å². The van der Waals surface area contributed by atoms with E-state index in [4.69, 9.17) is 5.84 Å². The summed E-state index contributed by atoms with van der Waals surface area (Å²) < 4.78 is 1.12. The highest BCUT2D eigenvalue weighted by atomic mass is 79.9. The van der Waals surface area contributed by atoms with E-state index >= 15 is 0 Å². The van der Waals surface area contributed by atoms with Crippen LogP contribution in [0, 0.1) is 0 Å². The van der Waals surface area contributed by atoms with E-state index in [-0.39, 0.29) is 11.5 Å². The van der Waals surface area contributed by atoms with Gasteiger partial charge in [0.2, 0.25) is 0 Å². The Morgan fingerprint density at radius 3 is 2.29 bits per heavy atom. The molecule has 0 saturated carbocycles. The molecule has 0 aliphatic rings. The second kappa shape index (κ2) is 6.73. The van der Waals surface area contributed by atoms with Gasteiger partial charge in [0, 0.05) is 4.47 Å². The molecule has 0 radical (unpaired) electrons. The van der Waals surface area contributed by atoms with Crippen molar-refractivity contribution in [1.29, 1.82) is 0 Å². The van der Waals surface area contributed by atoms with Gasteiger partial charge < -0.3 is 0 Å². The van der Waals surface area contributed by atoms with Crippen LogP contribution >= 0.6 is 15.9 Å². The first kappa shape index (κ1) is 16.2. The number of hydrogen-bond donors (Lipinski definition) is 2. The first-order valence-electron chi connectivity index (χ1n) is 7.22. The smallest absolute Gasteiger partial charge is 0.0503 e. The van der Waals surface area contributed by atoms with Crippen molar-refractivity contribution in [3.05, 3.63) is 69.7 Å². The van der Waals surface area contributed by atoms with E-state index in [9.17, 15) is 0 Å². The second-order valence-corrected chi connectivity index (χ2v) is 7.21. The molecule has 0 saturated heterocycles. The lowest BCUT2D eigenvalue weighted by Crippen LogP contribution is -2.31. The standard InChI is InChI=1S/C18H23BrN2/c1-18(2,3)15-10-6-5-9-14(15)17(21-20)12-13-8-4-7-11-16(13)19/h4-11,17,21H,12,20H2,1-3H3. The minimum absolute atomic E-state index is 0.0964. The van der Waals surface area contributed by atoms with Crippen molar-refractivity contribution >= 4 is 15.9 Å². The Bertz CT molecular complexity index is 602. The number of benzene rings is 2. The summed E-state index contributed by atoms with van der Waals surface area (Å²) in [4.78, 5) is 0. The van der Waals surface area contributed by atoms with Crippen LogP contribution < -0.4 is 11.3 Å². The summed E-state index contributed by atoms with van der Waals surface area (Å²) in [7, 11) is 0. The molecule has 3 N–H and O–H groups in total. The highest BCUT2D eigenvalue weighted by molar-refractivity contribution is 9.10. The molecule has 2 aromatic rings. The van der Waals surface area contributed by atoms with Gasteiger partial charge in [-0.3, -0.25) is 11.3 Å². The van der Waals surface area contributed by atoms with Gasteiger partial charge in [0.15, 0.2) is 0 Å². The largest absolute Gasteiger partial charge is 0.271 e. The third-order valence-electron chi connectivity index (χ3n) is 3.73. The van der Waals surface area contributed by atoms with Crippen LogP contribution in [0.5, 0.6) is 0 Å². The van der Waals surface area contributed by atoms with Crippen molar-refractivity contribution in [2.75, 3.05) is 0 Å². The maximum atomic E-state index is 5.85. The van der Waals surface area contributed by atoms with Crippen LogP contribution in [0.4, 0.5) is 0 Å². The maximum absolute atomic E-state index is 5.85. The quantitative estimate of drug-likeness (QED) is 0.632. The minimum Gasteiger partial charge on any atom is -0.271 e. The highest BCUT2D eigenvalue weighted by Crippen LogP contribution is 2.31. The fourth-order valence-corrected chi connectivity index (χ4v) is 3.07. The Balaban J connectivity index is 2.37. The van der Waals surface area contributed by atoms with E-state index in [1.54, 1.807) is 0 Å². The molecule has 0 fully saturated rings. The lowest BCUT2D eigenvalue weighted by atomic mass is 9.81. The molecular formula is C18H23BrN2. The van der Waals surface area contributed by atoms with Crippen LogP contribution in [0.3, 0.4) is 0 Å². The Morgan fingerprint density at radius 1 is 1.05 bits per heavy atom. The molecular weight excluding hydrogens is 324 g/mol. The normalized spacial score (nSPS) is 13.2. The zero-order valence-corrected chi connectivity index (χ0v) is 14.4. The molecule has 112 valence electrons. The number of nitrogens with one attached hydrogen (secondary N) is 1. The van der Waals surface area contributed by atoms with E-state index in [0.717, 1.165) is 10.9 Å². The van der Waals surface area contributed by atoms with Crippen molar-refractivity contribution < 1.29 is 0 Å². The van der Waals surface area contributed by atoms with Crippen molar-refractivity contribution in [2.45, 2.75) is 38.6 Å². The third kappa shape index (κ3) is 3.94. The number of halogens is 1. The van der Waals surface area contributed by atoms with Crippen molar-refractivity contribution in [2.24, 2.45) is 5.84 Å². The lowest BCUT2D eigenvalue weighted by Gasteiger charge is -2.27. The van der Waals surface area contributed by atoms with Gasteiger partial charge in [-0.1, -0.05) is 79.2 Å². The van der Waals surface area contributed by atoms with Crippen LogP contribution in [0.15, 0.2) is 53.0 Å². The average molecular weight is 347 g/mol. The van der Waals surface area contributed by atoms with E-state index < -0.39 is 0 Å². The van der Waals surface area contributed by atoms with E-state index in [1.165, 1.54) is 16.7 Å². The van der Waals surface area contributed by atoms with Gasteiger partial charge in [-0.25, -0.2) is 0 Å². The van der Waals surface area contributed by atoms with Crippen LogP contribution in [0.2, 0.25) is 0 Å². The van der Waals surface area contributed by atoms with Gasteiger partial charge in [-0.15, -0.1) is 0 Å². The Kier molecular flexibility index (Phi) is 5.20. The summed E-state index contributed by atoms with van der Waals surface area (Å²) in [6.07, 6.45) is 0.852.